The van der Waals surface area contributed by atoms with E-state index in [0.717, 1.165) is 23.4 Å². The fourth-order valence-electron chi connectivity index (χ4n) is 1.79. The van der Waals surface area contributed by atoms with Gasteiger partial charge in [0.15, 0.2) is 0 Å². The molecule has 0 aliphatic carbocycles. The van der Waals surface area contributed by atoms with Gasteiger partial charge in [0.05, 0.1) is 11.5 Å². The minimum absolute atomic E-state index is 0.147. The van der Waals surface area contributed by atoms with Crippen LogP contribution in [-0.2, 0) is 5.41 Å². The van der Waals surface area contributed by atoms with Gasteiger partial charge in [-0.1, -0.05) is 12.1 Å². The van der Waals surface area contributed by atoms with E-state index in [-0.39, 0.29) is 12.1 Å². The zero-order valence-corrected chi connectivity index (χ0v) is 13.9. The highest BCUT2D eigenvalue weighted by molar-refractivity contribution is 7.98. The molecule has 0 saturated carbocycles. The molecule has 0 spiro atoms. The SMILES string of the molecule is CSCCC(C)NC(=O)Nc1ccc(C(C)(C)C#N)cc1. The summed E-state index contributed by atoms with van der Waals surface area (Å²) in [5, 5.41) is 14.8. The fraction of sp³-hybridized carbons (Fsp3) is 0.500. The standard InChI is InChI=1S/C16H23N3OS/c1-12(9-10-21-4)18-15(20)19-14-7-5-13(6-8-14)16(2,3)11-17/h5-8,12H,9-10H2,1-4H3,(H2,18,19,20). The molecular formula is C16H23N3OS. The van der Waals surface area contributed by atoms with Crippen molar-refractivity contribution in [2.45, 2.75) is 38.6 Å². The topological polar surface area (TPSA) is 64.9 Å². The van der Waals surface area contributed by atoms with Gasteiger partial charge in [-0.15, -0.1) is 0 Å². The number of urea groups is 1. The molecule has 0 heterocycles. The van der Waals surface area contributed by atoms with Crippen molar-refractivity contribution >= 4 is 23.5 Å². The van der Waals surface area contributed by atoms with Gasteiger partial charge in [0.2, 0.25) is 0 Å². The molecule has 0 saturated heterocycles. The molecule has 1 aromatic rings. The number of amides is 2. The van der Waals surface area contributed by atoms with Crippen LogP contribution in [0.15, 0.2) is 24.3 Å². The summed E-state index contributed by atoms with van der Waals surface area (Å²) in [7, 11) is 0. The van der Waals surface area contributed by atoms with Crippen molar-refractivity contribution in [1.29, 1.82) is 5.26 Å². The third-order valence-electron chi connectivity index (χ3n) is 3.28. The Morgan fingerprint density at radius 3 is 2.52 bits per heavy atom. The van der Waals surface area contributed by atoms with Gasteiger partial charge in [-0.05, 0) is 56.9 Å². The number of nitrogens with one attached hydrogen (secondary N) is 2. The van der Waals surface area contributed by atoms with Crippen LogP contribution in [-0.4, -0.2) is 24.1 Å². The molecule has 114 valence electrons. The highest BCUT2D eigenvalue weighted by atomic mass is 32.2. The van der Waals surface area contributed by atoms with Crippen LogP contribution >= 0.6 is 11.8 Å². The molecule has 1 aromatic carbocycles. The van der Waals surface area contributed by atoms with E-state index >= 15 is 0 Å². The van der Waals surface area contributed by atoms with E-state index in [1.807, 2.05) is 45.0 Å². The third-order valence-corrected chi connectivity index (χ3v) is 3.92. The normalized spacial score (nSPS) is 12.3. The summed E-state index contributed by atoms with van der Waals surface area (Å²) in [5.41, 5.74) is 1.14. The molecule has 1 atom stereocenters. The summed E-state index contributed by atoms with van der Waals surface area (Å²) >= 11 is 1.77. The number of thioether (sulfide) groups is 1. The van der Waals surface area contributed by atoms with E-state index in [1.54, 1.807) is 11.8 Å². The van der Waals surface area contributed by atoms with Gasteiger partial charge in [0.1, 0.15) is 0 Å². The van der Waals surface area contributed by atoms with E-state index in [9.17, 15) is 4.79 Å². The van der Waals surface area contributed by atoms with E-state index in [4.69, 9.17) is 5.26 Å². The summed E-state index contributed by atoms with van der Waals surface area (Å²) < 4.78 is 0. The smallest absolute Gasteiger partial charge is 0.319 e. The Morgan fingerprint density at radius 1 is 1.38 bits per heavy atom. The summed E-state index contributed by atoms with van der Waals surface area (Å²) in [4.78, 5) is 11.8. The number of carbonyl (C=O) groups excluding carboxylic acids is 1. The van der Waals surface area contributed by atoms with Crippen LogP contribution in [0.1, 0.15) is 32.8 Å². The zero-order valence-electron chi connectivity index (χ0n) is 13.1. The molecule has 0 aromatic heterocycles. The van der Waals surface area contributed by atoms with Crippen molar-refractivity contribution in [3.63, 3.8) is 0 Å². The van der Waals surface area contributed by atoms with Crippen LogP contribution in [0.4, 0.5) is 10.5 Å². The molecule has 1 rings (SSSR count). The maximum Gasteiger partial charge on any atom is 0.319 e. The molecular weight excluding hydrogens is 282 g/mol. The maximum absolute atomic E-state index is 11.8. The summed E-state index contributed by atoms with van der Waals surface area (Å²) in [6.07, 6.45) is 3.00. The van der Waals surface area contributed by atoms with E-state index in [1.165, 1.54) is 0 Å². The first kappa shape index (κ1) is 17.4. The average molecular weight is 305 g/mol. The molecule has 0 aliphatic rings. The first-order chi connectivity index (χ1) is 9.89. The van der Waals surface area contributed by atoms with Crippen LogP contribution in [0, 0.1) is 11.3 Å². The average Bonchev–Trinajstić information content (AvgIpc) is 2.45. The van der Waals surface area contributed by atoms with Crippen molar-refractivity contribution in [3.8, 4) is 6.07 Å². The summed E-state index contributed by atoms with van der Waals surface area (Å²) in [6.45, 7) is 5.74. The van der Waals surface area contributed by atoms with Crippen LogP contribution in [0.3, 0.4) is 0 Å². The predicted octanol–water partition coefficient (Wildman–Crippen LogP) is 3.75. The Bertz CT molecular complexity index is 505. The molecule has 21 heavy (non-hydrogen) atoms. The van der Waals surface area contributed by atoms with E-state index in [2.05, 4.69) is 23.0 Å². The molecule has 0 fully saturated rings. The minimum Gasteiger partial charge on any atom is -0.335 e. The first-order valence-corrected chi connectivity index (χ1v) is 8.36. The van der Waals surface area contributed by atoms with Crippen molar-refractivity contribution in [1.82, 2.24) is 5.32 Å². The van der Waals surface area contributed by atoms with E-state index < -0.39 is 5.41 Å². The lowest BCUT2D eigenvalue weighted by Crippen LogP contribution is -2.36. The van der Waals surface area contributed by atoms with Crippen molar-refractivity contribution in [3.05, 3.63) is 29.8 Å². The second kappa shape index (κ2) is 7.94. The largest absolute Gasteiger partial charge is 0.335 e. The summed E-state index contributed by atoms with van der Waals surface area (Å²) in [6, 6.07) is 9.59. The number of carbonyl (C=O) groups is 1. The highest BCUT2D eigenvalue weighted by Gasteiger charge is 2.19. The number of benzene rings is 1. The fourth-order valence-corrected chi connectivity index (χ4v) is 2.38. The van der Waals surface area contributed by atoms with Gasteiger partial charge in [-0.25, -0.2) is 4.79 Å². The molecule has 2 amide bonds. The third kappa shape index (κ3) is 5.68. The lowest BCUT2D eigenvalue weighted by atomic mass is 9.86. The highest BCUT2D eigenvalue weighted by Crippen LogP contribution is 2.23. The Balaban J connectivity index is 2.56. The number of hydrogen-bond donors (Lipinski definition) is 2. The van der Waals surface area contributed by atoms with E-state index in [0.29, 0.717) is 0 Å². The van der Waals surface area contributed by atoms with Crippen LogP contribution in [0.25, 0.3) is 0 Å². The maximum atomic E-state index is 11.8. The lowest BCUT2D eigenvalue weighted by molar-refractivity contribution is 0.249. The number of rotatable bonds is 6. The van der Waals surface area contributed by atoms with Gasteiger partial charge in [-0.2, -0.15) is 17.0 Å². The molecule has 0 bridgehead atoms. The Kier molecular flexibility index (Phi) is 6.57. The van der Waals surface area contributed by atoms with Crippen molar-refractivity contribution < 1.29 is 4.79 Å². The minimum atomic E-state index is -0.521. The van der Waals surface area contributed by atoms with Crippen LogP contribution in [0.2, 0.25) is 0 Å². The van der Waals surface area contributed by atoms with Gasteiger partial charge >= 0.3 is 6.03 Å². The number of hydrogen-bond acceptors (Lipinski definition) is 3. The Morgan fingerprint density at radius 2 is 2.00 bits per heavy atom. The van der Waals surface area contributed by atoms with Crippen LogP contribution in [0.5, 0.6) is 0 Å². The van der Waals surface area contributed by atoms with Gasteiger partial charge < -0.3 is 10.6 Å². The second-order valence-corrected chi connectivity index (χ2v) is 6.58. The predicted molar refractivity (Wildman–Crippen MR) is 89.7 cm³/mol. The molecule has 0 aliphatic heterocycles. The molecule has 0 radical (unpaired) electrons. The van der Waals surface area contributed by atoms with Gasteiger partial charge in [-0.3, -0.25) is 0 Å². The molecule has 5 heteroatoms. The van der Waals surface area contributed by atoms with Crippen molar-refractivity contribution in [2.75, 3.05) is 17.3 Å². The molecule has 1 unspecified atom stereocenters. The lowest BCUT2D eigenvalue weighted by Gasteiger charge is -2.17. The Hall–Kier alpha value is -1.67. The summed E-state index contributed by atoms with van der Waals surface area (Å²) in [5.74, 6) is 1.03. The quantitative estimate of drug-likeness (QED) is 0.841. The van der Waals surface area contributed by atoms with Crippen LogP contribution < -0.4 is 10.6 Å². The number of nitrogens with zero attached hydrogens (tertiary/aromatic N) is 1. The molecule has 2 N–H and O–H groups in total. The van der Waals surface area contributed by atoms with Crippen molar-refractivity contribution in [2.24, 2.45) is 0 Å². The monoisotopic (exact) mass is 305 g/mol. The zero-order chi connectivity index (χ0) is 15.9. The second-order valence-electron chi connectivity index (χ2n) is 5.60. The first-order valence-electron chi connectivity index (χ1n) is 6.97. The number of nitriles is 1. The Labute approximate surface area is 131 Å². The molecule has 4 nitrogen and oxygen atoms in total. The number of anilines is 1. The van der Waals surface area contributed by atoms with Gasteiger partial charge in [0, 0.05) is 11.7 Å². The van der Waals surface area contributed by atoms with Gasteiger partial charge in [0.25, 0.3) is 0 Å².